The zero-order valence-corrected chi connectivity index (χ0v) is 16.8. The van der Waals surface area contributed by atoms with E-state index in [1.165, 1.54) is 29.5 Å². The Morgan fingerprint density at radius 3 is 2.33 bits per heavy atom. The van der Waals surface area contributed by atoms with Gasteiger partial charge in [-0.3, -0.25) is 0 Å². The maximum Gasteiger partial charge on any atom is 0.123 e. The molecule has 3 rings (SSSR count). The van der Waals surface area contributed by atoms with Gasteiger partial charge in [-0.15, -0.1) is 0 Å². The Morgan fingerprint density at radius 1 is 0.963 bits per heavy atom. The van der Waals surface area contributed by atoms with E-state index >= 15 is 0 Å². The molecule has 0 fully saturated rings. The highest BCUT2D eigenvalue weighted by Gasteiger charge is 2.07. The lowest BCUT2D eigenvalue weighted by molar-refractivity contribution is 0.626. The number of allylic oxidation sites excluding steroid dienone is 1. The molecule has 0 unspecified atom stereocenters. The first-order valence-electron chi connectivity index (χ1n) is 8.21. The molecule has 0 spiro atoms. The molecule has 0 aliphatic carbocycles. The van der Waals surface area contributed by atoms with Crippen molar-refractivity contribution in [3.05, 3.63) is 105 Å². The first-order valence-corrected chi connectivity index (χ1v) is 9.84. The van der Waals surface area contributed by atoms with Crippen molar-refractivity contribution in [2.45, 2.75) is 11.8 Å². The van der Waals surface area contributed by atoms with E-state index in [1.807, 2.05) is 48.7 Å². The molecule has 0 saturated carbocycles. The first kappa shape index (κ1) is 19.7. The number of nitrogens with zero attached hydrogens (tertiary/aromatic N) is 1. The number of hydrogen-bond donors (Lipinski definition) is 0. The van der Waals surface area contributed by atoms with Crippen molar-refractivity contribution in [1.82, 2.24) is 0 Å². The van der Waals surface area contributed by atoms with Gasteiger partial charge in [0.05, 0.1) is 16.4 Å². The fourth-order valence-corrected chi connectivity index (χ4v) is 3.49. The van der Waals surface area contributed by atoms with Crippen LogP contribution in [0.3, 0.4) is 0 Å². The SMILES string of the molecule is Cc1ccc(N=C(C=CSc2ccc(F)cc2)c2ccc(Cl)cc2Cl)cc1. The molecule has 0 bridgehead atoms. The van der Waals surface area contributed by atoms with Crippen LogP contribution in [0.1, 0.15) is 11.1 Å². The minimum atomic E-state index is -0.252. The largest absolute Gasteiger partial charge is 0.248 e. The molecular formula is C22H16Cl2FNS. The summed E-state index contributed by atoms with van der Waals surface area (Å²) in [5.41, 5.74) is 3.51. The highest BCUT2D eigenvalue weighted by Crippen LogP contribution is 2.26. The third kappa shape index (κ3) is 5.70. The zero-order chi connectivity index (χ0) is 19.2. The van der Waals surface area contributed by atoms with Crippen LogP contribution in [0.2, 0.25) is 10.0 Å². The number of halogens is 3. The van der Waals surface area contributed by atoms with E-state index in [2.05, 4.69) is 0 Å². The zero-order valence-electron chi connectivity index (χ0n) is 14.5. The second-order valence-electron chi connectivity index (χ2n) is 5.83. The third-order valence-corrected chi connectivity index (χ3v) is 5.10. The van der Waals surface area contributed by atoms with Gasteiger partial charge in [0.2, 0.25) is 0 Å². The summed E-state index contributed by atoms with van der Waals surface area (Å²) in [6, 6.07) is 19.6. The van der Waals surface area contributed by atoms with Crippen LogP contribution < -0.4 is 0 Å². The summed E-state index contributed by atoms with van der Waals surface area (Å²) in [6.07, 6.45) is 1.89. The fraction of sp³-hybridized carbons (Fsp3) is 0.0455. The van der Waals surface area contributed by atoms with Gasteiger partial charge < -0.3 is 0 Å². The molecule has 0 atom stereocenters. The molecule has 3 aromatic rings. The van der Waals surface area contributed by atoms with Gasteiger partial charge in [0.25, 0.3) is 0 Å². The maximum atomic E-state index is 13.0. The molecule has 5 heteroatoms. The van der Waals surface area contributed by atoms with Crippen molar-refractivity contribution < 1.29 is 4.39 Å². The molecule has 0 radical (unpaired) electrons. The number of rotatable bonds is 5. The minimum Gasteiger partial charge on any atom is -0.248 e. The second kappa shape index (κ2) is 9.23. The summed E-state index contributed by atoms with van der Waals surface area (Å²) in [5, 5.41) is 3.01. The van der Waals surface area contributed by atoms with Crippen LogP contribution in [0.15, 0.2) is 88.1 Å². The van der Waals surface area contributed by atoms with Crippen molar-refractivity contribution >= 4 is 46.4 Å². The number of aliphatic imine (C=N–C) groups is 1. The van der Waals surface area contributed by atoms with E-state index in [-0.39, 0.29) is 5.82 Å². The maximum absolute atomic E-state index is 13.0. The van der Waals surface area contributed by atoms with Crippen molar-refractivity contribution in [2.75, 3.05) is 0 Å². The smallest absolute Gasteiger partial charge is 0.123 e. The molecule has 3 aromatic carbocycles. The minimum absolute atomic E-state index is 0.252. The van der Waals surface area contributed by atoms with Crippen LogP contribution >= 0.6 is 35.0 Å². The predicted octanol–water partition coefficient (Wildman–Crippen LogP) is 7.87. The van der Waals surface area contributed by atoms with E-state index in [4.69, 9.17) is 28.2 Å². The van der Waals surface area contributed by atoms with E-state index in [1.54, 1.807) is 24.3 Å². The van der Waals surface area contributed by atoms with Crippen LogP contribution in [0.4, 0.5) is 10.1 Å². The van der Waals surface area contributed by atoms with Crippen LogP contribution in [-0.2, 0) is 0 Å². The van der Waals surface area contributed by atoms with Crippen molar-refractivity contribution in [1.29, 1.82) is 0 Å². The first-order chi connectivity index (χ1) is 13.0. The summed E-state index contributed by atoms with van der Waals surface area (Å²) in [6.45, 7) is 2.03. The van der Waals surface area contributed by atoms with Crippen molar-refractivity contribution in [3.8, 4) is 0 Å². The number of thioether (sulfide) groups is 1. The molecule has 27 heavy (non-hydrogen) atoms. The van der Waals surface area contributed by atoms with Gasteiger partial charge in [-0.2, -0.15) is 0 Å². The quantitative estimate of drug-likeness (QED) is 0.305. The Morgan fingerprint density at radius 2 is 1.67 bits per heavy atom. The lowest BCUT2D eigenvalue weighted by atomic mass is 10.1. The van der Waals surface area contributed by atoms with E-state index in [9.17, 15) is 4.39 Å². The average molecular weight is 416 g/mol. The predicted molar refractivity (Wildman–Crippen MR) is 115 cm³/mol. The lowest BCUT2D eigenvalue weighted by Crippen LogP contribution is -1.97. The van der Waals surface area contributed by atoms with Gasteiger partial charge in [-0.25, -0.2) is 9.38 Å². The normalized spacial score (nSPS) is 11.9. The number of benzene rings is 3. The Balaban J connectivity index is 1.92. The fourth-order valence-electron chi connectivity index (χ4n) is 2.33. The molecule has 0 aliphatic rings. The molecule has 0 aliphatic heterocycles. The van der Waals surface area contributed by atoms with Gasteiger partial charge in [0.1, 0.15) is 5.82 Å². The highest BCUT2D eigenvalue weighted by atomic mass is 35.5. The molecule has 1 nitrogen and oxygen atoms in total. The van der Waals surface area contributed by atoms with Crippen LogP contribution in [0.25, 0.3) is 0 Å². The van der Waals surface area contributed by atoms with Gasteiger partial charge in [-0.05, 0) is 73.0 Å². The summed E-state index contributed by atoms with van der Waals surface area (Å²) in [7, 11) is 0. The molecule has 0 aromatic heterocycles. The standard InChI is InChI=1S/C22H16Cl2FNS/c1-15-2-7-18(8-3-15)26-22(20-11-4-16(23)14-21(20)24)12-13-27-19-9-5-17(25)6-10-19/h2-14H,1H3. The van der Waals surface area contributed by atoms with E-state index in [0.29, 0.717) is 10.0 Å². The number of hydrogen-bond acceptors (Lipinski definition) is 2. The third-order valence-electron chi connectivity index (χ3n) is 3.73. The van der Waals surface area contributed by atoms with Gasteiger partial charge >= 0.3 is 0 Å². The van der Waals surface area contributed by atoms with Gasteiger partial charge in [0.15, 0.2) is 0 Å². The number of aryl methyl sites for hydroxylation is 1. The van der Waals surface area contributed by atoms with Crippen molar-refractivity contribution in [2.24, 2.45) is 4.99 Å². The van der Waals surface area contributed by atoms with Gasteiger partial charge in [0, 0.05) is 15.5 Å². The highest BCUT2D eigenvalue weighted by molar-refractivity contribution is 8.02. The van der Waals surface area contributed by atoms with Crippen molar-refractivity contribution in [3.63, 3.8) is 0 Å². The second-order valence-corrected chi connectivity index (χ2v) is 7.65. The van der Waals surface area contributed by atoms with E-state index < -0.39 is 0 Å². The van der Waals surface area contributed by atoms with Crippen LogP contribution in [-0.4, -0.2) is 5.71 Å². The van der Waals surface area contributed by atoms with Crippen LogP contribution in [0, 0.1) is 12.7 Å². The summed E-state index contributed by atoms with van der Waals surface area (Å²) >= 11 is 13.9. The molecule has 0 amide bonds. The summed E-state index contributed by atoms with van der Waals surface area (Å²) < 4.78 is 13.0. The molecule has 0 heterocycles. The Hall–Kier alpha value is -2.07. The topological polar surface area (TPSA) is 12.4 Å². The molecule has 136 valence electrons. The molecular weight excluding hydrogens is 400 g/mol. The summed E-state index contributed by atoms with van der Waals surface area (Å²) in [4.78, 5) is 5.67. The molecule has 0 N–H and O–H groups in total. The monoisotopic (exact) mass is 415 g/mol. The Kier molecular flexibility index (Phi) is 6.73. The molecule has 0 saturated heterocycles. The average Bonchev–Trinajstić information content (AvgIpc) is 2.64. The van der Waals surface area contributed by atoms with E-state index in [0.717, 1.165) is 21.9 Å². The Labute approximate surface area is 172 Å². The van der Waals surface area contributed by atoms with Crippen LogP contribution in [0.5, 0.6) is 0 Å². The van der Waals surface area contributed by atoms with Gasteiger partial charge in [-0.1, -0.05) is 52.7 Å². The lowest BCUT2D eigenvalue weighted by Gasteiger charge is -2.06. The summed E-state index contributed by atoms with van der Waals surface area (Å²) in [5.74, 6) is -0.252. The Bertz CT molecular complexity index is 980.